The van der Waals surface area contributed by atoms with Crippen molar-refractivity contribution in [1.82, 2.24) is 4.90 Å². The predicted molar refractivity (Wildman–Crippen MR) is 119 cm³/mol. The highest BCUT2D eigenvalue weighted by Crippen LogP contribution is 2.25. The summed E-state index contributed by atoms with van der Waals surface area (Å²) < 4.78 is 15.6. The zero-order valence-corrected chi connectivity index (χ0v) is 18.1. The highest BCUT2D eigenvalue weighted by molar-refractivity contribution is 5.89. The van der Waals surface area contributed by atoms with Gasteiger partial charge in [0.1, 0.15) is 11.5 Å². The molecule has 0 radical (unpaired) electrons. The molecule has 3 rings (SSSR count). The number of hydrogen-bond acceptors (Lipinski definition) is 5. The minimum atomic E-state index is -0.572. The predicted octanol–water partition coefficient (Wildman–Crippen LogP) is 3.74. The second kappa shape index (κ2) is 11.2. The van der Waals surface area contributed by atoms with Crippen LogP contribution < -0.4 is 9.47 Å². The summed E-state index contributed by atoms with van der Waals surface area (Å²) >= 11 is 0. The first-order chi connectivity index (χ1) is 15.1. The molecular weight excluding hydrogens is 394 g/mol. The summed E-state index contributed by atoms with van der Waals surface area (Å²) in [7, 11) is 3.12. The van der Waals surface area contributed by atoms with Crippen LogP contribution in [0, 0.1) is 5.92 Å². The van der Waals surface area contributed by atoms with Gasteiger partial charge >= 0.3 is 5.97 Å². The fourth-order valence-electron chi connectivity index (χ4n) is 3.73. The number of benzene rings is 2. The van der Waals surface area contributed by atoms with Crippen molar-refractivity contribution in [2.24, 2.45) is 5.92 Å². The summed E-state index contributed by atoms with van der Waals surface area (Å²) in [6.45, 7) is 1.15. The van der Waals surface area contributed by atoms with Crippen LogP contribution in [0.15, 0.2) is 54.6 Å². The van der Waals surface area contributed by atoms with E-state index in [-0.39, 0.29) is 12.5 Å². The molecule has 1 fully saturated rings. The van der Waals surface area contributed by atoms with Crippen LogP contribution in [0.1, 0.15) is 24.0 Å². The third-order valence-electron chi connectivity index (χ3n) is 5.51. The standard InChI is InChI=1S/C25H29NO5/c1-29-22-9-10-23(30-2)21(17-22)8-11-25(28)31-18-24(27)26-14-12-20(13-15-26)16-19-6-4-3-5-7-19/h3-11,17,20H,12-16,18H2,1-2H3. The third kappa shape index (κ3) is 6.60. The minimum absolute atomic E-state index is 0.154. The summed E-state index contributed by atoms with van der Waals surface area (Å²) in [4.78, 5) is 26.3. The van der Waals surface area contributed by atoms with Crippen LogP contribution in [0.3, 0.4) is 0 Å². The number of rotatable bonds is 8. The van der Waals surface area contributed by atoms with Crippen LogP contribution >= 0.6 is 0 Å². The summed E-state index contributed by atoms with van der Waals surface area (Å²) in [5.41, 5.74) is 2.02. The molecule has 164 valence electrons. The van der Waals surface area contributed by atoms with Crippen molar-refractivity contribution in [2.75, 3.05) is 33.9 Å². The first-order valence-electron chi connectivity index (χ1n) is 10.5. The average molecular weight is 424 g/mol. The maximum Gasteiger partial charge on any atom is 0.331 e. The van der Waals surface area contributed by atoms with Gasteiger partial charge in [-0.1, -0.05) is 30.3 Å². The van der Waals surface area contributed by atoms with Gasteiger partial charge in [0.2, 0.25) is 0 Å². The fraction of sp³-hybridized carbons (Fsp3) is 0.360. The Balaban J connectivity index is 1.43. The lowest BCUT2D eigenvalue weighted by atomic mass is 9.90. The summed E-state index contributed by atoms with van der Waals surface area (Å²) in [6, 6.07) is 15.7. The first-order valence-corrected chi connectivity index (χ1v) is 10.5. The number of piperidine rings is 1. The average Bonchev–Trinajstić information content (AvgIpc) is 2.82. The minimum Gasteiger partial charge on any atom is -0.497 e. The second-order valence-electron chi connectivity index (χ2n) is 7.56. The molecule has 0 N–H and O–H groups in total. The van der Waals surface area contributed by atoms with Gasteiger partial charge in [0, 0.05) is 24.7 Å². The zero-order valence-electron chi connectivity index (χ0n) is 18.1. The Kier molecular flexibility index (Phi) is 8.10. The van der Waals surface area contributed by atoms with Gasteiger partial charge in [-0.05, 0) is 55.0 Å². The molecule has 1 aliphatic heterocycles. The van der Waals surface area contributed by atoms with E-state index in [1.807, 2.05) is 6.07 Å². The molecule has 0 atom stereocenters. The van der Waals surface area contributed by atoms with E-state index in [2.05, 4.69) is 24.3 Å². The Labute approximate surface area is 183 Å². The summed E-state index contributed by atoms with van der Waals surface area (Å²) in [6.07, 6.45) is 5.84. The van der Waals surface area contributed by atoms with Crippen molar-refractivity contribution in [2.45, 2.75) is 19.3 Å². The second-order valence-corrected chi connectivity index (χ2v) is 7.56. The van der Waals surface area contributed by atoms with Crippen molar-refractivity contribution in [1.29, 1.82) is 0 Å². The molecule has 0 spiro atoms. The molecule has 1 saturated heterocycles. The molecule has 0 aliphatic carbocycles. The molecule has 0 bridgehead atoms. The molecule has 31 heavy (non-hydrogen) atoms. The molecule has 0 unspecified atom stereocenters. The van der Waals surface area contributed by atoms with E-state index in [1.54, 1.807) is 43.4 Å². The lowest BCUT2D eigenvalue weighted by Gasteiger charge is -2.32. The van der Waals surface area contributed by atoms with Gasteiger partial charge in [-0.3, -0.25) is 4.79 Å². The van der Waals surface area contributed by atoms with Crippen LogP contribution in [0.5, 0.6) is 11.5 Å². The van der Waals surface area contributed by atoms with E-state index in [0.717, 1.165) is 19.3 Å². The van der Waals surface area contributed by atoms with Gasteiger partial charge in [0.25, 0.3) is 5.91 Å². The highest BCUT2D eigenvalue weighted by Gasteiger charge is 2.23. The van der Waals surface area contributed by atoms with Gasteiger partial charge < -0.3 is 19.1 Å². The summed E-state index contributed by atoms with van der Waals surface area (Å²) in [5, 5.41) is 0. The van der Waals surface area contributed by atoms with E-state index in [9.17, 15) is 9.59 Å². The summed E-state index contributed by atoms with van der Waals surface area (Å²) in [5.74, 6) is 1.12. The van der Waals surface area contributed by atoms with Crippen LogP contribution in [0.25, 0.3) is 6.08 Å². The highest BCUT2D eigenvalue weighted by atomic mass is 16.5. The van der Waals surface area contributed by atoms with Gasteiger partial charge in [0.05, 0.1) is 14.2 Å². The number of ether oxygens (including phenoxy) is 3. The number of likely N-dealkylation sites (tertiary alicyclic amines) is 1. The molecule has 6 heteroatoms. The zero-order chi connectivity index (χ0) is 22.1. The van der Waals surface area contributed by atoms with Crippen molar-refractivity contribution in [3.8, 4) is 11.5 Å². The van der Waals surface area contributed by atoms with Crippen molar-refractivity contribution in [3.63, 3.8) is 0 Å². The van der Waals surface area contributed by atoms with Gasteiger partial charge in [-0.15, -0.1) is 0 Å². The fourth-order valence-corrected chi connectivity index (χ4v) is 3.73. The maximum absolute atomic E-state index is 12.4. The third-order valence-corrected chi connectivity index (χ3v) is 5.51. The van der Waals surface area contributed by atoms with Crippen LogP contribution in [0.4, 0.5) is 0 Å². The van der Waals surface area contributed by atoms with E-state index in [0.29, 0.717) is 36.1 Å². The van der Waals surface area contributed by atoms with E-state index in [4.69, 9.17) is 14.2 Å². The number of nitrogens with zero attached hydrogens (tertiary/aromatic N) is 1. The molecule has 2 aromatic rings. The Hall–Kier alpha value is -3.28. The largest absolute Gasteiger partial charge is 0.497 e. The SMILES string of the molecule is COc1ccc(OC)c(C=CC(=O)OCC(=O)N2CCC(Cc3ccccc3)CC2)c1. The molecule has 1 amide bonds. The number of methoxy groups -OCH3 is 2. The van der Waals surface area contributed by atoms with Crippen molar-refractivity contribution in [3.05, 3.63) is 65.7 Å². The van der Waals surface area contributed by atoms with E-state index in [1.165, 1.54) is 11.6 Å². The number of esters is 1. The van der Waals surface area contributed by atoms with Gasteiger partial charge in [-0.25, -0.2) is 4.79 Å². The van der Waals surface area contributed by atoms with Gasteiger partial charge in [-0.2, -0.15) is 0 Å². The number of carbonyl (C=O) groups is 2. The Bertz CT molecular complexity index is 901. The number of amides is 1. The van der Waals surface area contributed by atoms with Crippen LogP contribution in [-0.4, -0.2) is 50.7 Å². The molecule has 0 saturated carbocycles. The first kappa shape index (κ1) is 22.4. The molecule has 6 nitrogen and oxygen atoms in total. The number of carbonyl (C=O) groups excluding carboxylic acids is 2. The molecule has 0 aromatic heterocycles. The molecule has 1 heterocycles. The van der Waals surface area contributed by atoms with Crippen molar-refractivity contribution < 1.29 is 23.8 Å². The van der Waals surface area contributed by atoms with E-state index < -0.39 is 5.97 Å². The number of hydrogen-bond donors (Lipinski definition) is 0. The Morgan fingerprint density at radius 1 is 1.03 bits per heavy atom. The smallest absolute Gasteiger partial charge is 0.331 e. The normalized spacial score (nSPS) is 14.5. The lowest BCUT2D eigenvalue weighted by molar-refractivity contribution is -0.148. The van der Waals surface area contributed by atoms with Crippen molar-refractivity contribution >= 4 is 18.0 Å². The Morgan fingerprint density at radius 2 is 1.77 bits per heavy atom. The maximum atomic E-state index is 12.4. The molecule has 1 aliphatic rings. The van der Waals surface area contributed by atoms with Crippen LogP contribution in [0.2, 0.25) is 0 Å². The molecule has 2 aromatic carbocycles. The van der Waals surface area contributed by atoms with Gasteiger partial charge in [0.15, 0.2) is 6.61 Å². The van der Waals surface area contributed by atoms with Crippen LogP contribution in [-0.2, 0) is 20.7 Å². The lowest BCUT2D eigenvalue weighted by Crippen LogP contribution is -2.41. The molecular formula is C25H29NO5. The van der Waals surface area contributed by atoms with E-state index >= 15 is 0 Å². The quantitative estimate of drug-likeness (QED) is 0.478. The monoisotopic (exact) mass is 423 g/mol. The topological polar surface area (TPSA) is 65.1 Å². The Morgan fingerprint density at radius 3 is 2.45 bits per heavy atom.